The van der Waals surface area contributed by atoms with Crippen molar-refractivity contribution in [1.82, 2.24) is 0 Å². The third kappa shape index (κ3) is 1.55. The Morgan fingerprint density at radius 3 is 2.93 bits per heavy atom. The van der Waals surface area contributed by atoms with E-state index in [2.05, 4.69) is 0 Å². The topological polar surface area (TPSA) is 38.5 Å². The Bertz CT molecular complexity index is 370. The number of benzene rings is 1. The van der Waals surface area contributed by atoms with E-state index >= 15 is 0 Å². The molecule has 2 atom stereocenters. The van der Waals surface area contributed by atoms with Crippen LogP contribution in [0.2, 0.25) is 0 Å². The van der Waals surface area contributed by atoms with Gasteiger partial charge in [0.15, 0.2) is 11.6 Å². The van der Waals surface area contributed by atoms with Gasteiger partial charge in [-0.2, -0.15) is 0 Å². The van der Waals surface area contributed by atoms with Crippen LogP contribution >= 0.6 is 0 Å². The number of nitrogens with two attached hydrogens (primary N) is 1. The summed E-state index contributed by atoms with van der Waals surface area (Å²) in [7, 11) is 1.92. The van der Waals surface area contributed by atoms with Crippen LogP contribution in [0.3, 0.4) is 0 Å². The van der Waals surface area contributed by atoms with Gasteiger partial charge in [-0.3, -0.25) is 0 Å². The summed E-state index contributed by atoms with van der Waals surface area (Å²) in [4.78, 5) is 2.00. The molecule has 4 heteroatoms. The van der Waals surface area contributed by atoms with Crippen LogP contribution in [0.5, 0.6) is 5.75 Å². The molecule has 0 aliphatic carbocycles. The first kappa shape index (κ1) is 10.2. The van der Waals surface area contributed by atoms with Crippen molar-refractivity contribution in [1.29, 1.82) is 0 Å². The smallest absolute Gasteiger partial charge is 0.178 e. The van der Waals surface area contributed by atoms with E-state index in [0.29, 0.717) is 12.3 Å². The lowest BCUT2D eigenvalue weighted by Crippen LogP contribution is -2.49. The van der Waals surface area contributed by atoms with Gasteiger partial charge in [0.2, 0.25) is 0 Å². The molecule has 1 aliphatic heterocycles. The Labute approximate surface area is 88.6 Å². The Balaban J connectivity index is 2.45. The first-order valence-electron chi connectivity index (χ1n) is 5.03. The van der Waals surface area contributed by atoms with E-state index in [1.165, 1.54) is 6.07 Å². The van der Waals surface area contributed by atoms with Crippen molar-refractivity contribution in [2.24, 2.45) is 5.73 Å². The van der Waals surface area contributed by atoms with Crippen molar-refractivity contribution >= 4 is 5.69 Å². The lowest BCUT2D eigenvalue weighted by molar-refractivity contribution is 0.161. The minimum Gasteiger partial charge on any atom is -0.482 e. The minimum atomic E-state index is -0.329. The molecular weight excluding hydrogens is 195 g/mol. The molecule has 2 rings (SSSR count). The fourth-order valence-corrected chi connectivity index (χ4v) is 1.86. The summed E-state index contributed by atoms with van der Waals surface area (Å²) in [5.41, 5.74) is 6.37. The van der Waals surface area contributed by atoms with Crippen LogP contribution in [0.1, 0.15) is 6.92 Å². The van der Waals surface area contributed by atoms with Gasteiger partial charge in [-0.05, 0) is 19.1 Å². The van der Waals surface area contributed by atoms with Crippen molar-refractivity contribution in [3.63, 3.8) is 0 Å². The monoisotopic (exact) mass is 210 g/mol. The molecule has 1 aliphatic rings. The summed E-state index contributed by atoms with van der Waals surface area (Å²) in [5, 5.41) is 0. The number of ether oxygens (including phenoxy) is 1. The summed E-state index contributed by atoms with van der Waals surface area (Å²) in [6.07, 6.45) is -0.153. The maximum Gasteiger partial charge on any atom is 0.178 e. The summed E-state index contributed by atoms with van der Waals surface area (Å²) < 4.78 is 19.0. The van der Waals surface area contributed by atoms with Gasteiger partial charge in [0.25, 0.3) is 0 Å². The molecule has 0 spiro atoms. The van der Waals surface area contributed by atoms with E-state index in [9.17, 15) is 4.39 Å². The van der Waals surface area contributed by atoms with Crippen molar-refractivity contribution in [3.8, 4) is 5.75 Å². The number of hydrogen-bond acceptors (Lipinski definition) is 3. The fraction of sp³-hybridized carbons (Fsp3) is 0.455. The quantitative estimate of drug-likeness (QED) is 0.760. The minimum absolute atomic E-state index is 0.153. The predicted molar refractivity (Wildman–Crippen MR) is 57.7 cm³/mol. The average Bonchev–Trinajstić information content (AvgIpc) is 2.24. The molecule has 2 N–H and O–H groups in total. The molecule has 0 radical (unpaired) electrons. The highest BCUT2D eigenvalue weighted by molar-refractivity contribution is 5.61. The molecule has 0 saturated carbocycles. The zero-order valence-electron chi connectivity index (χ0n) is 8.90. The summed E-state index contributed by atoms with van der Waals surface area (Å²) >= 11 is 0. The second kappa shape index (κ2) is 3.70. The van der Waals surface area contributed by atoms with E-state index in [1.54, 1.807) is 6.07 Å². The highest BCUT2D eigenvalue weighted by Gasteiger charge is 2.31. The normalized spacial score (nSPS) is 24.7. The van der Waals surface area contributed by atoms with E-state index < -0.39 is 0 Å². The molecule has 0 bridgehead atoms. The molecule has 0 fully saturated rings. The largest absolute Gasteiger partial charge is 0.482 e. The molecule has 1 aromatic carbocycles. The average molecular weight is 210 g/mol. The van der Waals surface area contributed by atoms with Gasteiger partial charge in [0, 0.05) is 13.6 Å². The van der Waals surface area contributed by atoms with Gasteiger partial charge < -0.3 is 15.4 Å². The summed E-state index contributed by atoms with van der Waals surface area (Å²) in [6.45, 7) is 2.41. The molecule has 1 heterocycles. The van der Waals surface area contributed by atoms with Crippen molar-refractivity contribution in [2.75, 3.05) is 18.5 Å². The van der Waals surface area contributed by atoms with E-state index in [0.717, 1.165) is 5.69 Å². The fourth-order valence-electron chi connectivity index (χ4n) is 1.86. The first-order valence-corrected chi connectivity index (χ1v) is 5.03. The molecule has 2 unspecified atom stereocenters. The summed E-state index contributed by atoms with van der Waals surface area (Å²) in [6, 6.07) is 5.09. The number of fused-ring (bicyclic) bond motifs is 1. The van der Waals surface area contributed by atoms with E-state index in [-0.39, 0.29) is 18.0 Å². The van der Waals surface area contributed by atoms with Crippen LogP contribution in [-0.4, -0.2) is 25.7 Å². The van der Waals surface area contributed by atoms with E-state index in [4.69, 9.17) is 10.5 Å². The number of likely N-dealkylation sites (N-methyl/N-ethyl adjacent to an activating group) is 1. The zero-order chi connectivity index (χ0) is 11.0. The van der Waals surface area contributed by atoms with Crippen LogP contribution < -0.4 is 15.4 Å². The number of hydrogen-bond donors (Lipinski definition) is 1. The summed E-state index contributed by atoms with van der Waals surface area (Å²) in [5.74, 6) is -0.0155. The van der Waals surface area contributed by atoms with Gasteiger partial charge >= 0.3 is 0 Å². The SMILES string of the molecule is CC1C(CN)Oc2c(F)cccc2N1C. The lowest BCUT2D eigenvalue weighted by atomic mass is 10.1. The Morgan fingerprint density at radius 1 is 1.53 bits per heavy atom. The number of halogens is 1. The number of rotatable bonds is 1. The molecule has 1 aromatic rings. The predicted octanol–water partition coefficient (Wildman–Crippen LogP) is 1.37. The molecule has 15 heavy (non-hydrogen) atoms. The van der Waals surface area contributed by atoms with Crippen molar-refractivity contribution in [2.45, 2.75) is 19.1 Å². The molecule has 0 saturated heterocycles. The van der Waals surface area contributed by atoms with Gasteiger partial charge in [0.05, 0.1) is 11.7 Å². The third-order valence-electron chi connectivity index (χ3n) is 2.98. The third-order valence-corrected chi connectivity index (χ3v) is 2.98. The number of para-hydroxylation sites is 1. The van der Waals surface area contributed by atoms with Crippen molar-refractivity contribution < 1.29 is 9.13 Å². The van der Waals surface area contributed by atoms with Crippen LogP contribution in [0, 0.1) is 5.82 Å². The first-order chi connectivity index (χ1) is 7.15. The molecular formula is C11H15FN2O. The van der Waals surface area contributed by atoms with Crippen LogP contribution in [0.25, 0.3) is 0 Å². The Kier molecular flexibility index (Phi) is 2.52. The van der Waals surface area contributed by atoms with Gasteiger partial charge in [-0.25, -0.2) is 4.39 Å². The van der Waals surface area contributed by atoms with Crippen LogP contribution in [0.4, 0.5) is 10.1 Å². The highest BCUT2D eigenvalue weighted by Crippen LogP contribution is 2.36. The molecule has 82 valence electrons. The van der Waals surface area contributed by atoms with Crippen LogP contribution in [0.15, 0.2) is 18.2 Å². The van der Waals surface area contributed by atoms with Gasteiger partial charge in [-0.1, -0.05) is 6.07 Å². The second-order valence-corrected chi connectivity index (χ2v) is 3.83. The molecule has 3 nitrogen and oxygen atoms in total. The Hall–Kier alpha value is -1.29. The van der Waals surface area contributed by atoms with Crippen LogP contribution in [-0.2, 0) is 0 Å². The van der Waals surface area contributed by atoms with Gasteiger partial charge in [0.1, 0.15) is 6.10 Å². The van der Waals surface area contributed by atoms with Gasteiger partial charge in [-0.15, -0.1) is 0 Å². The molecule has 0 aromatic heterocycles. The number of nitrogens with zero attached hydrogens (tertiary/aromatic N) is 1. The maximum absolute atomic E-state index is 13.5. The second-order valence-electron chi connectivity index (χ2n) is 3.83. The standard InChI is InChI=1S/C11H15FN2O/c1-7-10(6-13)15-11-8(12)4-3-5-9(11)14(7)2/h3-5,7,10H,6,13H2,1-2H3. The van der Waals surface area contributed by atoms with Crippen molar-refractivity contribution in [3.05, 3.63) is 24.0 Å². The highest BCUT2D eigenvalue weighted by atomic mass is 19.1. The maximum atomic E-state index is 13.5. The zero-order valence-corrected chi connectivity index (χ0v) is 8.90. The lowest BCUT2D eigenvalue weighted by Gasteiger charge is -2.39. The Morgan fingerprint density at radius 2 is 2.27 bits per heavy atom. The van der Waals surface area contributed by atoms with E-state index in [1.807, 2.05) is 24.9 Å². The molecule has 0 amide bonds. The number of anilines is 1.